The molecular formula is C19H13F3N6O2. The Labute approximate surface area is 167 Å². The Kier molecular flexibility index (Phi) is 4.67. The molecule has 1 saturated carbocycles. The van der Waals surface area contributed by atoms with Crippen molar-refractivity contribution in [2.45, 2.75) is 24.6 Å². The number of hydrogen-bond acceptors (Lipinski definition) is 4. The third-order valence-electron chi connectivity index (χ3n) is 4.82. The molecule has 0 saturated heterocycles. The molecule has 1 aliphatic carbocycles. The fraction of sp³-hybridized carbons (Fsp3) is 0.211. The fourth-order valence-corrected chi connectivity index (χ4v) is 3.15. The van der Waals surface area contributed by atoms with Crippen LogP contribution in [0.2, 0.25) is 0 Å². The van der Waals surface area contributed by atoms with Gasteiger partial charge in [0.05, 0.1) is 11.1 Å². The fourth-order valence-electron chi connectivity index (χ4n) is 3.15. The molecule has 3 aromatic rings. The summed E-state index contributed by atoms with van der Waals surface area (Å²) in [4.78, 5) is 18.8. The molecule has 1 amide bonds. The van der Waals surface area contributed by atoms with Crippen molar-refractivity contribution in [3.8, 4) is 22.8 Å². The largest absolute Gasteiger partial charge is 0.573 e. The number of ether oxygens (including phenoxy) is 1. The van der Waals surface area contributed by atoms with Gasteiger partial charge in [-0.1, -0.05) is 24.3 Å². The Morgan fingerprint density at radius 1 is 1.13 bits per heavy atom. The number of hydrogen-bond donors (Lipinski definition) is 0. The van der Waals surface area contributed by atoms with Crippen LogP contribution in [0.3, 0.4) is 0 Å². The van der Waals surface area contributed by atoms with E-state index < -0.39 is 17.7 Å². The van der Waals surface area contributed by atoms with E-state index in [1.807, 2.05) is 0 Å². The van der Waals surface area contributed by atoms with Crippen LogP contribution in [0, 0.1) is 0 Å². The van der Waals surface area contributed by atoms with Gasteiger partial charge < -0.3 is 4.74 Å². The number of azide groups is 1. The first-order chi connectivity index (χ1) is 14.3. The van der Waals surface area contributed by atoms with Crippen LogP contribution in [-0.2, 0) is 10.2 Å². The first-order valence-electron chi connectivity index (χ1n) is 8.79. The standard InChI is InChI=1S/C19H13F3N6O2/c20-19(21,22)30-15-7-5-14(6-8-15)28-11-24-16(26-28)12-1-3-13(4-2-12)18(9-10-18)17(29)25-27-23/h1-8,11H,9-10H2. The average molecular weight is 414 g/mol. The van der Waals surface area contributed by atoms with Gasteiger partial charge in [0, 0.05) is 10.5 Å². The molecule has 0 spiro atoms. The quantitative estimate of drug-likeness (QED) is 0.343. The summed E-state index contributed by atoms with van der Waals surface area (Å²) in [5.74, 6) is -0.409. The monoisotopic (exact) mass is 414 g/mol. The maximum Gasteiger partial charge on any atom is 0.573 e. The Bertz CT molecular complexity index is 1130. The highest BCUT2D eigenvalue weighted by Crippen LogP contribution is 2.49. The Morgan fingerprint density at radius 2 is 1.80 bits per heavy atom. The van der Waals surface area contributed by atoms with Gasteiger partial charge in [0.25, 0.3) is 0 Å². The number of halogens is 3. The van der Waals surface area contributed by atoms with E-state index in [9.17, 15) is 18.0 Å². The zero-order valence-electron chi connectivity index (χ0n) is 15.2. The molecular weight excluding hydrogens is 401 g/mol. The molecule has 4 rings (SSSR count). The van der Waals surface area contributed by atoms with E-state index in [-0.39, 0.29) is 5.75 Å². The van der Waals surface area contributed by atoms with Crippen molar-refractivity contribution in [1.82, 2.24) is 14.8 Å². The van der Waals surface area contributed by atoms with Crippen molar-refractivity contribution in [2.24, 2.45) is 5.11 Å². The van der Waals surface area contributed by atoms with E-state index in [1.165, 1.54) is 35.3 Å². The van der Waals surface area contributed by atoms with Gasteiger partial charge in [-0.05, 0) is 53.3 Å². The Morgan fingerprint density at radius 3 is 2.37 bits per heavy atom. The molecule has 2 aromatic carbocycles. The van der Waals surface area contributed by atoms with E-state index in [0.717, 1.165) is 5.56 Å². The number of rotatable bonds is 5. The van der Waals surface area contributed by atoms with E-state index in [4.69, 9.17) is 5.53 Å². The summed E-state index contributed by atoms with van der Waals surface area (Å²) in [5, 5.41) is 7.56. The highest BCUT2D eigenvalue weighted by molar-refractivity contribution is 5.92. The van der Waals surface area contributed by atoms with Crippen LogP contribution in [0.25, 0.3) is 27.5 Å². The van der Waals surface area contributed by atoms with Gasteiger partial charge in [0.15, 0.2) is 5.82 Å². The number of amides is 1. The van der Waals surface area contributed by atoms with E-state index in [2.05, 4.69) is 24.8 Å². The topological polar surface area (TPSA) is 106 Å². The van der Waals surface area contributed by atoms with Gasteiger partial charge in [-0.3, -0.25) is 4.79 Å². The molecule has 8 nitrogen and oxygen atoms in total. The van der Waals surface area contributed by atoms with Crippen LogP contribution in [0.5, 0.6) is 5.75 Å². The summed E-state index contributed by atoms with van der Waals surface area (Å²) in [6.45, 7) is 0. The zero-order chi connectivity index (χ0) is 21.4. The molecule has 1 heterocycles. The second kappa shape index (κ2) is 7.20. The van der Waals surface area contributed by atoms with E-state index >= 15 is 0 Å². The average Bonchev–Trinajstić information content (AvgIpc) is 3.38. The number of carbonyl (C=O) groups is 1. The minimum absolute atomic E-state index is 0.327. The van der Waals surface area contributed by atoms with Gasteiger partial charge in [-0.15, -0.1) is 18.3 Å². The van der Waals surface area contributed by atoms with Gasteiger partial charge in [0.1, 0.15) is 12.1 Å². The lowest BCUT2D eigenvalue weighted by atomic mass is 9.94. The summed E-state index contributed by atoms with van der Waals surface area (Å²) in [5.41, 5.74) is 9.73. The normalized spacial score (nSPS) is 14.6. The van der Waals surface area contributed by atoms with Crippen molar-refractivity contribution >= 4 is 5.91 Å². The zero-order valence-corrected chi connectivity index (χ0v) is 15.2. The number of carbonyl (C=O) groups excluding carboxylic acids is 1. The molecule has 30 heavy (non-hydrogen) atoms. The summed E-state index contributed by atoms with van der Waals surface area (Å²) in [7, 11) is 0. The highest BCUT2D eigenvalue weighted by Gasteiger charge is 2.50. The summed E-state index contributed by atoms with van der Waals surface area (Å²) < 4.78 is 42.0. The number of benzene rings is 2. The number of aromatic nitrogens is 3. The van der Waals surface area contributed by atoms with Crippen molar-refractivity contribution in [3.05, 3.63) is 70.9 Å². The summed E-state index contributed by atoms with van der Waals surface area (Å²) >= 11 is 0. The maximum atomic E-state index is 12.3. The smallest absolute Gasteiger partial charge is 0.406 e. The SMILES string of the molecule is [N-]=[N+]=NC(=O)C1(c2ccc(-c3ncn(-c4ccc(OC(F)(F)F)cc4)n3)cc2)CC1. The van der Waals surface area contributed by atoms with Gasteiger partial charge in [-0.25, -0.2) is 9.67 Å². The van der Waals surface area contributed by atoms with Crippen LogP contribution >= 0.6 is 0 Å². The minimum atomic E-state index is -4.75. The molecule has 0 unspecified atom stereocenters. The van der Waals surface area contributed by atoms with Crippen LogP contribution in [0.4, 0.5) is 13.2 Å². The lowest BCUT2D eigenvalue weighted by Crippen LogP contribution is -2.17. The summed E-state index contributed by atoms with van der Waals surface area (Å²) in [6.07, 6.45) is -2.05. The van der Waals surface area contributed by atoms with E-state index in [0.29, 0.717) is 29.9 Å². The Balaban J connectivity index is 1.52. The van der Waals surface area contributed by atoms with Crippen molar-refractivity contribution < 1.29 is 22.7 Å². The van der Waals surface area contributed by atoms with Crippen LogP contribution in [-0.4, -0.2) is 27.0 Å². The third kappa shape index (κ3) is 3.83. The van der Waals surface area contributed by atoms with E-state index in [1.54, 1.807) is 24.3 Å². The summed E-state index contributed by atoms with van der Waals surface area (Å²) in [6, 6.07) is 12.3. The first kappa shape index (κ1) is 19.5. The van der Waals surface area contributed by atoms with Crippen LogP contribution in [0.15, 0.2) is 60.0 Å². The maximum absolute atomic E-state index is 12.3. The molecule has 0 aliphatic heterocycles. The highest BCUT2D eigenvalue weighted by atomic mass is 19.4. The number of nitrogens with zero attached hydrogens (tertiary/aromatic N) is 6. The molecule has 0 N–H and O–H groups in total. The van der Waals surface area contributed by atoms with Gasteiger partial charge in [-0.2, -0.15) is 0 Å². The van der Waals surface area contributed by atoms with Crippen molar-refractivity contribution in [3.63, 3.8) is 0 Å². The molecule has 0 atom stereocenters. The lowest BCUT2D eigenvalue weighted by molar-refractivity contribution is -0.274. The second-order valence-electron chi connectivity index (χ2n) is 6.71. The number of alkyl halides is 3. The van der Waals surface area contributed by atoms with Crippen LogP contribution in [0.1, 0.15) is 18.4 Å². The minimum Gasteiger partial charge on any atom is -0.406 e. The molecule has 1 fully saturated rings. The molecule has 152 valence electrons. The van der Waals surface area contributed by atoms with Crippen LogP contribution < -0.4 is 4.74 Å². The second-order valence-corrected chi connectivity index (χ2v) is 6.71. The molecule has 11 heteroatoms. The lowest BCUT2D eigenvalue weighted by Gasteiger charge is -2.11. The predicted molar refractivity (Wildman–Crippen MR) is 98.5 cm³/mol. The van der Waals surface area contributed by atoms with Gasteiger partial charge >= 0.3 is 6.36 Å². The van der Waals surface area contributed by atoms with Crippen molar-refractivity contribution in [2.75, 3.05) is 0 Å². The first-order valence-corrected chi connectivity index (χ1v) is 8.79. The predicted octanol–water partition coefficient (Wildman–Crippen LogP) is 4.70. The van der Waals surface area contributed by atoms with Gasteiger partial charge in [0.2, 0.25) is 5.91 Å². The molecule has 1 aromatic heterocycles. The molecule has 0 bridgehead atoms. The third-order valence-corrected chi connectivity index (χ3v) is 4.82. The molecule has 1 aliphatic rings. The van der Waals surface area contributed by atoms with Crippen molar-refractivity contribution in [1.29, 1.82) is 0 Å². The Hall–Kier alpha value is -3.85. The molecule has 0 radical (unpaired) electrons.